The number of aryl methyl sites for hydroxylation is 2. The zero-order chi connectivity index (χ0) is 13.0. The Hall–Kier alpha value is -1.02. The molecule has 18 heavy (non-hydrogen) atoms. The highest BCUT2D eigenvalue weighted by atomic mass is 15.0. The van der Waals surface area contributed by atoms with E-state index < -0.39 is 0 Å². The minimum absolute atomic E-state index is 0.534. The molecule has 1 fully saturated rings. The van der Waals surface area contributed by atoms with Gasteiger partial charge in [-0.3, -0.25) is 0 Å². The van der Waals surface area contributed by atoms with Crippen LogP contribution in [0.3, 0.4) is 0 Å². The van der Waals surface area contributed by atoms with Gasteiger partial charge in [-0.2, -0.15) is 0 Å². The van der Waals surface area contributed by atoms with Crippen LogP contribution in [-0.2, 0) is 6.42 Å². The molecule has 1 aliphatic rings. The van der Waals surface area contributed by atoms with Crippen molar-refractivity contribution in [1.29, 1.82) is 0 Å². The average Bonchev–Trinajstić information content (AvgIpc) is 2.84. The van der Waals surface area contributed by atoms with Crippen molar-refractivity contribution in [2.45, 2.75) is 58.5 Å². The van der Waals surface area contributed by atoms with Gasteiger partial charge in [0.2, 0.25) is 0 Å². The van der Waals surface area contributed by atoms with Crippen LogP contribution in [0, 0.1) is 6.92 Å². The van der Waals surface area contributed by atoms with E-state index in [0.29, 0.717) is 12.1 Å². The van der Waals surface area contributed by atoms with E-state index in [1.54, 1.807) is 0 Å². The molecule has 1 aliphatic heterocycles. The smallest absolute Gasteiger partial charge is 0.0404 e. The summed E-state index contributed by atoms with van der Waals surface area (Å²) >= 11 is 0. The fraction of sp³-hybridized carbons (Fsp3) is 0.625. The summed E-state index contributed by atoms with van der Waals surface area (Å²) in [5.74, 6) is 0. The van der Waals surface area contributed by atoms with Gasteiger partial charge in [0.1, 0.15) is 0 Å². The molecule has 0 aromatic heterocycles. The summed E-state index contributed by atoms with van der Waals surface area (Å²) in [6.07, 6.45) is 4.98. The number of hydrogen-bond donors (Lipinski definition) is 2. The van der Waals surface area contributed by atoms with Gasteiger partial charge >= 0.3 is 0 Å². The molecule has 2 atom stereocenters. The third kappa shape index (κ3) is 3.26. The first-order valence-corrected chi connectivity index (χ1v) is 7.29. The minimum Gasteiger partial charge on any atom is -0.382 e. The Labute approximate surface area is 111 Å². The van der Waals surface area contributed by atoms with E-state index in [4.69, 9.17) is 0 Å². The summed E-state index contributed by atoms with van der Waals surface area (Å²) in [7, 11) is 0. The predicted octanol–water partition coefficient (Wildman–Crippen LogP) is 3.50. The normalized spacial score (nSPS) is 20.9. The summed E-state index contributed by atoms with van der Waals surface area (Å²) < 4.78 is 0. The van der Waals surface area contributed by atoms with Crippen molar-refractivity contribution in [2.75, 3.05) is 11.9 Å². The summed E-state index contributed by atoms with van der Waals surface area (Å²) in [5, 5.41) is 7.29. The zero-order valence-electron chi connectivity index (χ0n) is 11.9. The van der Waals surface area contributed by atoms with E-state index in [1.807, 2.05) is 0 Å². The van der Waals surface area contributed by atoms with E-state index in [-0.39, 0.29) is 0 Å². The lowest BCUT2D eigenvalue weighted by Gasteiger charge is -2.22. The fourth-order valence-electron chi connectivity index (χ4n) is 2.92. The highest BCUT2D eigenvalue weighted by Crippen LogP contribution is 2.23. The van der Waals surface area contributed by atoms with Crippen molar-refractivity contribution in [3.8, 4) is 0 Å². The zero-order valence-corrected chi connectivity index (χ0v) is 11.9. The third-order valence-corrected chi connectivity index (χ3v) is 3.93. The lowest BCUT2D eigenvalue weighted by atomic mass is 10.0. The molecular formula is C16H26N2. The Morgan fingerprint density at radius 2 is 2.28 bits per heavy atom. The molecule has 100 valence electrons. The number of nitrogens with one attached hydrogen (secondary N) is 2. The Morgan fingerprint density at radius 1 is 1.44 bits per heavy atom. The van der Waals surface area contributed by atoms with Crippen molar-refractivity contribution in [2.24, 2.45) is 0 Å². The number of anilines is 1. The van der Waals surface area contributed by atoms with Crippen molar-refractivity contribution in [1.82, 2.24) is 5.32 Å². The van der Waals surface area contributed by atoms with E-state index in [0.717, 1.165) is 6.42 Å². The summed E-state index contributed by atoms with van der Waals surface area (Å²) in [6, 6.07) is 7.83. The van der Waals surface area contributed by atoms with E-state index in [9.17, 15) is 0 Å². The SMILES string of the molecule is CCc1cccc(C)c1NC(C)CC1CCCN1. The van der Waals surface area contributed by atoms with Crippen LogP contribution in [0.25, 0.3) is 0 Å². The molecule has 1 aromatic rings. The van der Waals surface area contributed by atoms with Gasteiger partial charge in [-0.05, 0) is 57.2 Å². The average molecular weight is 246 g/mol. The molecule has 2 nitrogen and oxygen atoms in total. The molecule has 0 spiro atoms. The maximum atomic E-state index is 3.72. The van der Waals surface area contributed by atoms with Gasteiger partial charge in [-0.1, -0.05) is 25.1 Å². The molecular weight excluding hydrogens is 220 g/mol. The molecule has 0 radical (unpaired) electrons. The van der Waals surface area contributed by atoms with Gasteiger partial charge in [-0.25, -0.2) is 0 Å². The first-order chi connectivity index (χ1) is 8.70. The van der Waals surface area contributed by atoms with Crippen LogP contribution in [0.15, 0.2) is 18.2 Å². The monoisotopic (exact) mass is 246 g/mol. The number of rotatable bonds is 5. The second-order valence-electron chi connectivity index (χ2n) is 5.54. The minimum atomic E-state index is 0.534. The van der Waals surface area contributed by atoms with Crippen molar-refractivity contribution >= 4 is 5.69 Å². The van der Waals surface area contributed by atoms with Gasteiger partial charge in [0.25, 0.3) is 0 Å². The first kappa shape index (κ1) is 13.4. The van der Waals surface area contributed by atoms with E-state index in [2.05, 4.69) is 49.6 Å². The number of para-hydroxylation sites is 1. The van der Waals surface area contributed by atoms with Crippen molar-refractivity contribution < 1.29 is 0 Å². The van der Waals surface area contributed by atoms with E-state index in [1.165, 1.54) is 42.6 Å². The topological polar surface area (TPSA) is 24.1 Å². The molecule has 2 N–H and O–H groups in total. The molecule has 1 heterocycles. The molecule has 2 rings (SSSR count). The van der Waals surface area contributed by atoms with Crippen LogP contribution >= 0.6 is 0 Å². The maximum Gasteiger partial charge on any atom is 0.0404 e. The summed E-state index contributed by atoms with van der Waals surface area (Å²) in [5.41, 5.74) is 4.15. The molecule has 0 aliphatic carbocycles. The second kappa shape index (κ2) is 6.24. The first-order valence-electron chi connectivity index (χ1n) is 7.29. The number of benzene rings is 1. The largest absolute Gasteiger partial charge is 0.382 e. The van der Waals surface area contributed by atoms with Crippen LogP contribution in [0.4, 0.5) is 5.69 Å². The van der Waals surface area contributed by atoms with Crippen molar-refractivity contribution in [3.05, 3.63) is 29.3 Å². The lowest BCUT2D eigenvalue weighted by molar-refractivity contribution is 0.523. The highest BCUT2D eigenvalue weighted by Gasteiger charge is 2.17. The van der Waals surface area contributed by atoms with Gasteiger partial charge < -0.3 is 10.6 Å². The quantitative estimate of drug-likeness (QED) is 0.831. The third-order valence-electron chi connectivity index (χ3n) is 3.93. The van der Waals surface area contributed by atoms with Crippen LogP contribution in [-0.4, -0.2) is 18.6 Å². The molecule has 2 heteroatoms. The summed E-state index contributed by atoms with van der Waals surface area (Å²) in [4.78, 5) is 0. The van der Waals surface area contributed by atoms with Crippen LogP contribution < -0.4 is 10.6 Å². The predicted molar refractivity (Wildman–Crippen MR) is 79.3 cm³/mol. The molecule has 0 saturated carbocycles. The fourth-order valence-corrected chi connectivity index (χ4v) is 2.92. The number of hydrogen-bond acceptors (Lipinski definition) is 2. The molecule has 2 unspecified atom stereocenters. The molecule has 1 saturated heterocycles. The highest BCUT2D eigenvalue weighted by molar-refractivity contribution is 5.57. The van der Waals surface area contributed by atoms with Crippen LogP contribution in [0.2, 0.25) is 0 Å². The van der Waals surface area contributed by atoms with Crippen molar-refractivity contribution in [3.63, 3.8) is 0 Å². The van der Waals surface area contributed by atoms with Gasteiger partial charge in [-0.15, -0.1) is 0 Å². The maximum absolute atomic E-state index is 3.72. The summed E-state index contributed by atoms with van der Waals surface area (Å²) in [6.45, 7) is 7.92. The molecule has 0 bridgehead atoms. The lowest BCUT2D eigenvalue weighted by Crippen LogP contribution is -2.29. The Morgan fingerprint density at radius 3 is 2.94 bits per heavy atom. The van der Waals surface area contributed by atoms with Gasteiger partial charge in [0.05, 0.1) is 0 Å². The van der Waals surface area contributed by atoms with Gasteiger partial charge in [0.15, 0.2) is 0 Å². The Bertz CT molecular complexity index is 381. The molecule has 1 aromatic carbocycles. The molecule has 0 amide bonds. The Kier molecular flexibility index (Phi) is 4.65. The van der Waals surface area contributed by atoms with Crippen LogP contribution in [0.5, 0.6) is 0 Å². The van der Waals surface area contributed by atoms with E-state index >= 15 is 0 Å². The van der Waals surface area contributed by atoms with Crippen LogP contribution in [0.1, 0.15) is 44.2 Å². The standard InChI is InChI=1S/C16H26N2/c1-4-14-8-5-7-12(2)16(14)18-13(3)11-15-9-6-10-17-15/h5,7-8,13,15,17-18H,4,6,9-11H2,1-3H3. The second-order valence-corrected chi connectivity index (χ2v) is 5.54. The van der Waals surface area contributed by atoms with Gasteiger partial charge in [0, 0.05) is 17.8 Å². The Balaban J connectivity index is 1.99.